The molecule has 1 N–H and O–H groups in total. The minimum atomic E-state index is -3.66. The van der Waals surface area contributed by atoms with E-state index < -0.39 is 15.3 Å². The van der Waals surface area contributed by atoms with Crippen LogP contribution in [0.1, 0.15) is 24.7 Å². The van der Waals surface area contributed by atoms with Crippen LogP contribution in [0.5, 0.6) is 0 Å². The van der Waals surface area contributed by atoms with Gasteiger partial charge in [0.05, 0.1) is 4.90 Å². The number of amides is 1. The second-order valence-electron chi connectivity index (χ2n) is 8.05. The second-order valence-corrected chi connectivity index (χ2v) is 11.9. The van der Waals surface area contributed by atoms with Gasteiger partial charge >= 0.3 is 0 Å². The zero-order valence-corrected chi connectivity index (χ0v) is 23.6. The lowest BCUT2D eigenvalue weighted by Crippen LogP contribution is -2.30. The Morgan fingerprint density at radius 3 is 2.32 bits per heavy atom. The summed E-state index contributed by atoms with van der Waals surface area (Å²) < 4.78 is 33.1. The Balaban J connectivity index is 1.60. The zero-order chi connectivity index (χ0) is 27.3. The van der Waals surface area contributed by atoms with E-state index in [4.69, 9.17) is 27.6 Å². The van der Waals surface area contributed by atoms with Crippen molar-refractivity contribution in [1.82, 2.24) is 14.5 Å². The largest absolute Gasteiger partial charge is 0.411 e. The number of benzene rings is 3. The van der Waals surface area contributed by atoms with Gasteiger partial charge in [0.15, 0.2) is 0 Å². The number of sulfonamides is 1. The van der Waals surface area contributed by atoms with Crippen LogP contribution in [0.4, 0.5) is 5.69 Å². The molecule has 0 saturated heterocycles. The van der Waals surface area contributed by atoms with Crippen LogP contribution in [-0.4, -0.2) is 41.9 Å². The highest BCUT2D eigenvalue weighted by molar-refractivity contribution is 8.00. The molecule has 4 rings (SSSR count). The van der Waals surface area contributed by atoms with E-state index in [0.717, 1.165) is 17.3 Å². The molecule has 1 atom stereocenters. The Morgan fingerprint density at radius 2 is 1.66 bits per heavy atom. The van der Waals surface area contributed by atoms with Crippen molar-refractivity contribution in [1.29, 1.82) is 0 Å². The number of nitrogens with one attached hydrogen (secondary N) is 1. The SMILES string of the molecule is CCN(CC)S(=O)(=O)c1cccc(-c2nnc(SC(C(=O)Nc3cc(Cl)cc(Cl)c3)c3ccccc3)o2)c1. The number of halogens is 2. The van der Waals surface area contributed by atoms with Gasteiger partial charge in [0.25, 0.3) is 5.22 Å². The van der Waals surface area contributed by atoms with Gasteiger partial charge in [0, 0.05) is 34.4 Å². The molecule has 0 fully saturated rings. The fourth-order valence-corrected chi connectivity index (χ4v) is 6.62. The van der Waals surface area contributed by atoms with Crippen LogP contribution in [-0.2, 0) is 14.8 Å². The number of hydrogen-bond acceptors (Lipinski definition) is 7. The van der Waals surface area contributed by atoms with E-state index in [1.807, 2.05) is 30.3 Å². The first-order chi connectivity index (χ1) is 18.2. The van der Waals surface area contributed by atoms with Crippen molar-refractivity contribution < 1.29 is 17.6 Å². The number of aromatic nitrogens is 2. The molecule has 12 heteroatoms. The lowest BCUT2D eigenvalue weighted by Gasteiger charge is -2.18. The minimum absolute atomic E-state index is 0.132. The summed E-state index contributed by atoms with van der Waals surface area (Å²) in [5.74, 6) is -0.204. The normalized spacial score (nSPS) is 12.4. The van der Waals surface area contributed by atoms with Crippen molar-refractivity contribution in [3.05, 3.63) is 88.4 Å². The smallest absolute Gasteiger partial charge is 0.277 e. The predicted molar refractivity (Wildman–Crippen MR) is 150 cm³/mol. The molecule has 0 aliphatic carbocycles. The third-order valence-electron chi connectivity index (χ3n) is 5.52. The van der Waals surface area contributed by atoms with Crippen LogP contribution >= 0.6 is 35.0 Å². The average Bonchev–Trinajstić information content (AvgIpc) is 3.36. The van der Waals surface area contributed by atoms with Crippen LogP contribution in [0.3, 0.4) is 0 Å². The van der Waals surface area contributed by atoms with Gasteiger partial charge in [-0.1, -0.05) is 73.4 Å². The Bertz CT molecular complexity index is 1510. The molecule has 4 aromatic rings. The van der Waals surface area contributed by atoms with Crippen LogP contribution in [0.2, 0.25) is 10.0 Å². The van der Waals surface area contributed by atoms with E-state index >= 15 is 0 Å². The Kier molecular flexibility index (Phi) is 9.11. The fourth-order valence-electron chi connectivity index (χ4n) is 3.71. The van der Waals surface area contributed by atoms with Gasteiger partial charge in [0.1, 0.15) is 5.25 Å². The van der Waals surface area contributed by atoms with Crippen molar-refractivity contribution in [2.75, 3.05) is 18.4 Å². The third-order valence-corrected chi connectivity index (χ3v) is 9.09. The molecule has 1 heterocycles. The molecule has 0 aliphatic rings. The Morgan fingerprint density at radius 1 is 0.974 bits per heavy atom. The van der Waals surface area contributed by atoms with Crippen molar-refractivity contribution >= 4 is 56.6 Å². The van der Waals surface area contributed by atoms with E-state index in [-0.39, 0.29) is 21.9 Å². The number of hydrogen-bond donors (Lipinski definition) is 1. The molecule has 0 saturated carbocycles. The van der Waals surface area contributed by atoms with Crippen molar-refractivity contribution in [2.24, 2.45) is 0 Å². The highest BCUT2D eigenvalue weighted by atomic mass is 35.5. The van der Waals surface area contributed by atoms with Gasteiger partial charge in [-0.05, 0) is 53.7 Å². The molecule has 3 aromatic carbocycles. The number of carbonyl (C=O) groups is 1. The highest BCUT2D eigenvalue weighted by Gasteiger charge is 2.26. The predicted octanol–water partition coefficient (Wildman–Crippen LogP) is 6.55. The molecule has 0 spiro atoms. The lowest BCUT2D eigenvalue weighted by molar-refractivity contribution is -0.115. The molecule has 1 aromatic heterocycles. The summed E-state index contributed by atoms with van der Waals surface area (Å²) in [6.45, 7) is 4.28. The monoisotopic (exact) mass is 590 g/mol. The van der Waals surface area contributed by atoms with Crippen molar-refractivity contribution in [3.63, 3.8) is 0 Å². The maximum atomic E-state index is 13.3. The van der Waals surface area contributed by atoms with E-state index in [1.54, 1.807) is 44.2 Å². The van der Waals surface area contributed by atoms with Crippen LogP contribution in [0, 0.1) is 0 Å². The molecule has 0 radical (unpaired) electrons. The number of thioether (sulfide) groups is 1. The van der Waals surface area contributed by atoms with E-state index in [0.29, 0.717) is 34.4 Å². The summed E-state index contributed by atoms with van der Waals surface area (Å²) in [4.78, 5) is 13.4. The summed E-state index contributed by atoms with van der Waals surface area (Å²) in [5, 5.41) is 11.2. The molecule has 0 aliphatic heterocycles. The first-order valence-corrected chi connectivity index (χ1v) is 14.7. The lowest BCUT2D eigenvalue weighted by atomic mass is 10.1. The summed E-state index contributed by atoms with van der Waals surface area (Å²) in [6, 6.07) is 20.3. The molecular formula is C26H24Cl2N4O4S2. The number of rotatable bonds is 10. The number of anilines is 1. The first kappa shape index (κ1) is 28.1. The van der Waals surface area contributed by atoms with Gasteiger partial charge < -0.3 is 9.73 Å². The van der Waals surface area contributed by atoms with E-state index in [2.05, 4.69) is 15.5 Å². The molecule has 1 amide bonds. The first-order valence-electron chi connectivity index (χ1n) is 11.6. The van der Waals surface area contributed by atoms with Gasteiger partial charge in [-0.2, -0.15) is 4.31 Å². The highest BCUT2D eigenvalue weighted by Crippen LogP contribution is 2.37. The van der Waals surface area contributed by atoms with Gasteiger partial charge in [0.2, 0.25) is 21.8 Å². The molecule has 198 valence electrons. The van der Waals surface area contributed by atoms with E-state index in [1.165, 1.54) is 16.4 Å². The van der Waals surface area contributed by atoms with Crippen LogP contribution in [0.25, 0.3) is 11.5 Å². The summed E-state index contributed by atoms with van der Waals surface area (Å²) >= 11 is 13.2. The van der Waals surface area contributed by atoms with E-state index in [9.17, 15) is 13.2 Å². The summed E-state index contributed by atoms with van der Waals surface area (Å²) in [5.41, 5.74) is 1.62. The van der Waals surface area contributed by atoms with Crippen LogP contribution in [0.15, 0.2) is 87.3 Å². The van der Waals surface area contributed by atoms with Crippen LogP contribution < -0.4 is 5.32 Å². The second kappa shape index (κ2) is 12.3. The quantitative estimate of drug-likeness (QED) is 0.209. The standard InChI is InChI=1S/C26H24Cl2N4O4S2/c1-3-32(4-2)38(34,35)22-12-8-11-18(13-22)25-30-31-26(36-25)37-23(17-9-6-5-7-10-17)24(33)29-21-15-19(27)14-20(28)16-21/h5-16,23H,3-4H2,1-2H3,(H,29,33). The average molecular weight is 592 g/mol. The molecular weight excluding hydrogens is 567 g/mol. The van der Waals surface area contributed by atoms with Crippen molar-refractivity contribution in [2.45, 2.75) is 29.2 Å². The van der Waals surface area contributed by atoms with Gasteiger partial charge in [-0.25, -0.2) is 8.42 Å². The van der Waals surface area contributed by atoms with Crippen molar-refractivity contribution in [3.8, 4) is 11.5 Å². The summed E-state index contributed by atoms with van der Waals surface area (Å²) in [6.07, 6.45) is 0. The third kappa shape index (κ3) is 6.57. The Hall–Kier alpha value is -2.89. The van der Waals surface area contributed by atoms with Gasteiger partial charge in [-0.3, -0.25) is 4.79 Å². The number of carbonyl (C=O) groups excluding carboxylic acids is 1. The fraction of sp³-hybridized carbons (Fsp3) is 0.192. The maximum Gasteiger partial charge on any atom is 0.277 e. The molecule has 0 bridgehead atoms. The molecule has 8 nitrogen and oxygen atoms in total. The topological polar surface area (TPSA) is 105 Å². The zero-order valence-electron chi connectivity index (χ0n) is 20.5. The molecule has 38 heavy (non-hydrogen) atoms. The summed E-state index contributed by atoms with van der Waals surface area (Å²) in [7, 11) is -3.66. The van der Waals surface area contributed by atoms with Gasteiger partial charge in [-0.15, -0.1) is 10.2 Å². The minimum Gasteiger partial charge on any atom is -0.411 e. The Labute approximate surface area is 235 Å². The molecule has 1 unspecified atom stereocenters. The maximum absolute atomic E-state index is 13.3. The number of nitrogens with zero attached hydrogens (tertiary/aromatic N) is 3.